The predicted octanol–water partition coefficient (Wildman–Crippen LogP) is 1.80. The van der Waals surface area contributed by atoms with Gasteiger partial charge in [0.05, 0.1) is 18.7 Å². The van der Waals surface area contributed by atoms with Crippen LogP contribution in [0.1, 0.15) is 63.5 Å². The largest absolute Gasteiger partial charge is 0.395 e. The Morgan fingerprint density at radius 2 is 1.49 bits per heavy atom. The van der Waals surface area contributed by atoms with Crippen molar-refractivity contribution in [2.45, 2.75) is 95.4 Å². The zero-order valence-corrected chi connectivity index (χ0v) is 29.1. The Morgan fingerprint density at radius 3 is 2.06 bits per heavy atom. The molecule has 49 heavy (non-hydrogen) atoms. The summed E-state index contributed by atoms with van der Waals surface area (Å²) in [6.45, 7) is 6.46. The van der Waals surface area contributed by atoms with Gasteiger partial charge in [-0.1, -0.05) is 74.5 Å². The number of β-amino-alcohol motifs (C(OH)–C–C–N with tert-alkyl or cyclic N) is 1. The highest BCUT2D eigenvalue weighted by Crippen LogP contribution is 2.31. The van der Waals surface area contributed by atoms with E-state index in [1.807, 2.05) is 79.4 Å². The topological polar surface area (TPSA) is 171 Å². The van der Waals surface area contributed by atoms with Crippen molar-refractivity contribution in [1.29, 1.82) is 0 Å². The van der Waals surface area contributed by atoms with E-state index in [9.17, 15) is 24.3 Å². The number of unbranched alkanes of at least 4 members (excludes halogenated alkanes) is 1. The molecule has 268 valence electrons. The lowest BCUT2D eigenvalue weighted by Crippen LogP contribution is -2.56. The fourth-order valence-electron chi connectivity index (χ4n) is 7.23. The molecule has 11 heteroatoms. The molecule has 2 heterocycles. The van der Waals surface area contributed by atoms with E-state index in [0.717, 1.165) is 24.0 Å². The average molecular weight is 677 g/mol. The number of aliphatic hydroxyl groups is 1. The number of carbonyl (C=O) groups excluding carboxylic acids is 4. The molecule has 7 N–H and O–H groups in total. The highest BCUT2D eigenvalue weighted by Gasteiger charge is 2.46. The van der Waals surface area contributed by atoms with E-state index in [2.05, 4.69) is 15.5 Å². The van der Waals surface area contributed by atoms with E-state index in [0.29, 0.717) is 51.9 Å². The number of aliphatic hydroxyl groups excluding tert-OH is 1. The van der Waals surface area contributed by atoms with Crippen LogP contribution in [0.25, 0.3) is 0 Å². The Hall–Kier alpha value is -3.64. The maximum atomic E-state index is 14.0. The molecule has 6 unspecified atom stereocenters. The van der Waals surface area contributed by atoms with Crippen LogP contribution in [-0.4, -0.2) is 101 Å². The van der Waals surface area contributed by atoms with Gasteiger partial charge in [0, 0.05) is 44.1 Å². The van der Waals surface area contributed by atoms with E-state index in [4.69, 9.17) is 11.5 Å². The van der Waals surface area contributed by atoms with Crippen molar-refractivity contribution in [2.75, 3.05) is 32.8 Å². The molecule has 2 fully saturated rings. The fraction of sp³-hybridized carbons (Fsp3) is 0.579. The minimum Gasteiger partial charge on any atom is -0.395 e. The highest BCUT2D eigenvalue weighted by molar-refractivity contribution is 5.95. The van der Waals surface area contributed by atoms with Gasteiger partial charge in [0.1, 0.15) is 6.04 Å². The van der Waals surface area contributed by atoms with Crippen LogP contribution in [0.15, 0.2) is 60.7 Å². The van der Waals surface area contributed by atoms with Crippen LogP contribution in [0.5, 0.6) is 0 Å². The number of Topliss-reactive ketones (excluding diaryl/α,β-unsaturated/α-hetero) is 1. The summed E-state index contributed by atoms with van der Waals surface area (Å²) in [6.07, 6.45) is 3.72. The molecule has 0 radical (unpaired) electrons. The summed E-state index contributed by atoms with van der Waals surface area (Å²) < 4.78 is 0. The van der Waals surface area contributed by atoms with Gasteiger partial charge in [-0.2, -0.15) is 0 Å². The van der Waals surface area contributed by atoms with E-state index in [1.54, 1.807) is 0 Å². The third-order valence-corrected chi connectivity index (χ3v) is 9.78. The number of nitrogens with two attached hydrogens (primary N) is 2. The smallest absolute Gasteiger partial charge is 0.245 e. The van der Waals surface area contributed by atoms with Crippen LogP contribution in [-0.2, 0) is 32.0 Å². The van der Waals surface area contributed by atoms with Gasteiger partial charge < -0.3 is 32.1 Å². The Balaban J connectivity index is 1.47. The molecule has 0 aliphatic carbocycles. The number of likely N-dealkylation sites (tertiary alicyclic amines) is 2. The summed E-state index contributed by atoms with van der Waals surface area (Å²) in [5.41, 5.74) is 13.8. The van der Waals surface area contributed by atoms with E-state index in [-0.39, 0.29) is 55.0 Å². The Morgan fingerprint density at radius 1 is 0.857 bits per heavy atom. The molecular weight excluding hydrogens is 620 g/mol. The van der Waals surface area contributed by atoms with Crippen molar-refractivity contribution in [3.63, 3.8) is 0 Å². The van der Waals surface area contributed by atoms with Gasteiger partial charge >= 0.3 is 0 Å². The Labute approximate surface area is 291 Å². The number of nitrogens with one attached hydrogen (secondary N) is 2. The van der Waals surface area contributed by atoms with Gasteiger partial charge in [0.2, 0.25) is 17.7 Å². The van der Waals surface area contributed by atoms with Gasteiger partial charge in [0.15, 0.2) is 5.78 Å². The summed E-state index contributed by atoms with van der Waals surface area (Å²) in [6, 6.07) is 16.8. The zero-order chi connectivity index (χ0) is 35.3. The molecule has 0 aromatic heterocycles. The number of piperazine rings is 1. The lowest BCUT2D eigenvalue weighted by atomic mass is 9.88. The second-order valence-electron chi connectivity index (χ2n) is 14.1. The second kappa shape index (κ2) is 18.9. The number of rotatable bonds is 20. The Kier molecular flexibility index (Phi) is 14.8. The molecule has 0 spiro atoms. The fourth-order valence-corrected chi connectivity index (χ4v) is 7.23. The molecule has 2 aliphatic heterocycles. The normalized spacial score (nSPS) is 19.8. The van der Waals surface area contributed by atoms with Crippen molar-refractivity contribution in [3.8, 4) is 0 Å². The number of carbonyl (C=O) groups is 4. The third kappa shape index (κ3) is 11.2. The standard InChI is InChI=1S/C38H56N6O5/c1-26(2)19-29(36(47)41-33(15-9-10-16-39)38(49)44-25-30-23-31(44)24-43(30)17-18-45)22-35(46)34(21-28-13-7-4-8-14-28)42-37(48)32(40)20-27-11-5-3-6-12-27/h3-8,11-14,26,29-34,45H,9-10,15-25,39-40H2,1-2H3,(H,41,47)(H,42,48). The molecule has 3 amide bonds. The summed E-state index contributed by atoms with van der Waals surface area (Å²) in [7, 11) is 0. The molecule has 11 nitrogen and oxygen atoms in total. The number of amides is 3. The first-order valence-corrected chi connectivity index (χ1v) is 17.9. The van der Waals surface area contributed by atoms with Gasteiger partial charge in [-0.3, -0.25) is 24.1 Å². The Bertz CT molecular complexity index is 1360. The quantitative estimate of drug-likeness (QED) is 0.132. The molecule has 2 aliphatic rings. The van der Waals surface area contributed by atoms with E-state index in [1.165, 1.54) is 0 Å². The minimum atomic E-state index is -0.872. The molecule has 6 atom stereocenters. The minimum absolute atomic E-state index is 0.0571. The highest BCUT2D eigenvalue weighted by atomic mass is 16.3. The van der Waals surface area contributed by atoms with Crippen LogP contribution < -0.4 is 22.1 Å². The van der Waals surface area contributed by atoms with E-state index >= 15 is 0 Å². The lowest BCUT2D eigenvalue weighted by molar-refractivity contribution is -0.140. The number of fused-ring (bicyclic) bond motifs is 2. The summed E-state index contributed by atoms with van der Waals surface area (Å²) in [4.78, 5) is 59.3. The van der Waals surface area contributed by atoms with Crippen molar-refractivity contribution >= 4 is 23.5 Å². The van der Waals surface area contributed by atoms with Crippen molar-refractivity contribution in [1.82, 2.24) is 20.4 Å². The summed E-state index contributed by atoms with van der Waals surface area (Å²) in [5.74, 6) is -1.67. The molecule has 2 aromatic carbocycles. The summed E-state index contributed by atoms with van der Waals surface area (Å²) >= 11 is 0. The lowest BCUT2D eigenvalue weighted by Gasteiger charge is -2.36. The predicted molar refractivity (Wildman–Crippen MR) is 190 cm³/mol. The van der Waals surface area contributed by atoms with Gasteiger partial charge in [-0.05, 0) is 68.5 Å². The first-order valence-electron chi connectivity index (χ1n) is 17.9. The molecule has 2 bridgehead atoms. The molecule has 0 saturated carbocycles. The number of hydrogen-bond donors (Lipinski definition) is 5. The van der Waals surface area contributed by atoms with Crippen molar-refractivity contribution < 1.29 is 24.3 Å². The molecule has 4 rings (SSSR count). The first kappa shape index (κ1) is 38.2. The molecule has 2 saturated heterocycles. The number of hydrogen-bond acceptors (Lipinski definition) is 8. The number of nitrogens with zero attached hydrogens (tertiary/aromatic N) is 2. The molecule has 2 aromatic rings. The van der Waals surface area contributed by atoms with Crippen LogP contribution in [0.3, 0.4) is 0 Å². The summed E-state index contributed by atoms with van der Waals surface area (Å²) in [5, 5.41) is 15.4. The van der Waals surface area contributed by atoms with Crippen LogP contribution in [0, 0.1) is 11.8 Å². The van der Waals surface area contributed by atoms with E-state index < -0.39 is 30.0 Å². The SMILES string of the molecule is CC(C)CC(CC(=O)C(Cc1ccccc1)NC(=O)C(N)Cc1ccccc1)C(=O)NC(CCCCN)C(=O)N1CC2CC1CN2CCO. The van der Waals surface area contributed by atoms with Gasteiger partial charge in [0.25, 0.3) is 0 Å². The second-order valence-corrected chi connectivity index (χ2v) is 14.1. The van der Waals surface area contributed by atoms with Crippen LogP contribution in [0.2, 0.25) is 0 Å². The first-order chi connectivity index (χ1) is 23.6. The number of ketones is 1. The average Bonchev–Trinajstić information content (AvgIpc) is 3.69. The van der Waals surface area contributed by atoms with Crippen molar-refractivity contribution in [3.05, 3.63) is 71.8 Å². The maximum Gasteiger partial charge on any atom is 0.245 e. The monoisotopic (exact) mass is 676 g/mol. The molecular formula is C38H56N6O5. The van der Waals surface area contributed by atoms with Crippen molar-refractivity contribution in [2.24, 2.45) is 23.3 Å². The van der Waals surface area contributed by atoms with Gasteiger partial charge in [-0.15, -0.1) is 0 Å². The zero-order valence-electron chi connectivity index (χ0n) is 29.1. The van der Waals surface area contributed by atoms with Crippen LogP contribution >= 0.6 is 0 Å². The maximum absolute atomic E-state index is 14.0. The third-order valence-electron chi connectivity index (χ3n) is 9.78. The van der Waals surface area contributed by atoms with Gasteiger partial charge in [-0.25, -0.2) is 0 Å². The number of benzene rings is 2. The van der Waals surface area contributed by atoms with Crippen LogP contribution in [0.4, 0.5) is 0 Å².